The molecule has 4 heteroatoms. The first-order valence-corrected chi connectivity index (χ1v) is 5.50. The van der Waals surface area contributed by atoms with Gasteiger partial charge in [0.05, 0.1) is 12.8 Å². The first-order chi connectivity index (χ1) is 7.50. The molecular formula is C12H17NO3. The molecule has 4 nitrogen and oxygen atoms in total. The van der Waals surface area contributed by atoms with E-state index in [1.165, 1.54) is 6.26 Å². The number of rotatable bonds is 4. The fraction of sp³-hybridized carbons (Fsp3) is 0.583. The minimum Gasteiger partial charge on any atom is -0.467 e. The van der Waals surface area contributed by atoms with E-state index in [1.807, 2.05) is 0 Å². The maximum absolute atomic E-state index is 11.6. The van der Waals surface area contributed by atoms with Crippen LogP contribution in [-0.2, 0) is 4.79 Å². The number of carbonyl (C=O) groups is 1. The lowest BCUT2D eigenvalue weighted by atomic mass is 10.1. The lowest BCUT2D eigenvalue weighted by molar-refractivity contribution is -0.123. The Hall–Kier alpha value is -1.29. The Morgan fingerprint density at radius 3 is 2.94 bits per heavy atom. The van der Waals surface area contributed by atoms with Gasteiger partial charge in [-0.05, 0) is 24.0 Å². The van der Waals surface area contributed by atoms with Crippen LogP contribution in [0.15, 0.2) is 22.8 Å². The van der Waals surface area contributed by atoms with Crippen molar-refractivity contribution >= 4 is 5.91 Å². The van der Waals surface area contributed by atoms with Crippen molar-refractivity contribution in [3.63, 3.8) is 0 Å². The van der Waals surface area contributed by atoms with Gasteiger partial charge in [0.1, 0.15) is 11.9 Å². The predicted molar refractivity (Wildman–Crippen MR) is 58.6 cm³/mol. The molecule has 0 radical (unpaired) electrons. The molecule has 0 spiro atoms. The summed E-state index contributed by atoms with van der Waals surface area (Å²) >= 11 is 0. The van der Waals surface area contributed by atoms with Crippen LogP contribution in [0.2, 0.25) is 0 Å². The Labute approximate surface area is 94.6 Å². The molecular weight excluding hydrogens is 206 g/mol. The number of hydrogen-bond donors (Lipinski definition) is 2. The van der Waals surface area contributed by atoms with Crippen molar-refractivity contribution in [2.75, 3.05) is 6.54 Å². The Balaban J connectivity index is 1.78. The Morgan fingerprint density at radius 1 is 1.75 bits per heavy atom. The minimum absolute atomic E-state index is 0.0237. The molecule has 2 rings (SSSR count). The molecule has 2 atom stereocenters. The number of carbonyl (C=O) groups excluding carboxylic acids is 1. The molecule has 2 unspecified atom stereocenters. The summed E-state index contributed by atoms with van der Waals surface area (Å²) in [4.78, 5) is 11.6. The number of aliphatic hydroxyl groups is 1. The van der Waals surface area contributed by atoms with Gasteiger partial charge in [0.25, 0.3) is 0 Å². The van der Waals surface area contributed by atoms with Crippen LogP contribution in [0.1, 0.15) is 32.1 Å². The van der Waals surface area contributed by atoms with Crippen molar-refractivity contribution in [2.45, 2.75) is 26.4 Å². The molecule has 1 fully saturated rings. The molecule has 1 saturated carbocycles. The third-order valence-corrected chi connectivity index (χ3v) is 3.17. The molecule has 16 heavy (non-hydrogen) atoms. The number of furan rings is 1. The molecule has 0 saturated heterocycles. The fourth-order valence-corrected chi connectivity index (χ4v) is 1.82. The van der Waals surface area contributed by atoms with E-state index < -0.39 is 6.10 Å². The Bertz CT molecular complexity index is 370. The van der Waals surface area contributed by atoms with E-state index in [0.29, 0.717) is 5.76 Å². The molecule has 1 amide bonds. The maximum Gasteiger partial charge on any atom is 0.223 e. The first-order valence-electron chi connectivity index (χ1n) is 5.50. The summed E-state index contributed by atoms with van der Waals surface area (Å²) in [6, 6.07) is 3.41. The third kappa shape index (κ3) is 2.27. The molecule has 1 heterocycles. The van der Waals surface area contributed by atoms with Crippen LogP contribution in [0, 0.1) is 11.3 Å². The lowest BCUT2D eigenvalue weighted by Gasteiger charge is -2.10. The molecule has 2 N–H and O–H groups in total. The molecule has 0 aliphatic heterocycles. The highest BCUT2D eigenvalue weighted by molar-refractivity contribution is 5.82. The number of hydrogen-bond acceptors (Lipinski definition) is 3. The highest BCUT2D eigenvalue weighted by Crippen LogP contribution is 2.51. The fourth-order valence-electron chi connectivity index (χ4n) is 1.82. The van der Waals surface area contributed by atoms with E-state index in [-0.39, 0.29) is 23.8 Å². The second kappa shape index (κ2) is 3.94. The quantitative estimate of drug-likeness (QED) is 0.812. The largest absolute Gasteiger partial charge is 0.467 e. The van der Waals surface area contributed by atoms with Crippen molar-refractivity contribution in [1.29, 1.82) is 0 Å². The summed E-state index contributed by atoms with van der Waals surface area (Å²) in [6.45, 7) is 4.35. The monoisotopic (exact) mass is 223 g/mol. The predicted octanol–water partition coefficient (Wildman–Crippen LogP) is 1.48. The standard InChI is InChI=1S/C12H17NO3/c1-12(2)6-8(12)11(15)13-7-9(14)10-4-3-5-16-10/h3-5,8-9,14H,6-7H2,1-2H3,(H,13,15). The van der Waals surface area contributed by atoms with Gasteiger partial charge in [0.2, 0.25) is 5.91 Å². The number of nitrogens with one attached hydrogen (secondary N) is 1. The first kappa shape index (κ1) is 11.2. The van der Waals surface area contributed by atoms with Crippen molar-refractivity contribution in [1.82, 2.24) is 5.32 Å². The van der Waals surface area contributed by atoms with Crippen LogP contribution in [0.25, 0.3) is 0 Å². The van der Waals surface area contributed by atoms with Gasteiger partial charge in [0.15, 0.2) is 0 Å². The van der Waals surface area contributed by atoms with Gasteiger partial charge in [-0.1, -0.05) is 13.8 Å². The molecule has 0 aromatic carbocycles. The second-order valence-electron chi connectivity index (χ2n) is 5.02. The highest BCUT2D eigenvalue weighted by atomic mass is 16.4. The van der Waals surface area contributed by atoms with Crippen LogP contribution in [0.5, 0.6) is 0 Å². The average Bonchev–Trinajstić information content (AvgIpc) is 2.72. The summed E-state index contributed by atoms with van der Waals surface area (Å²) < 4.78 is 5.04. The van der Waals surface area contributed by atoms with E-state index in [4.69, 9.17) is 4.42 Å². The maximum atomic E-state index is 11.6. The third-order valence-electron chi connectivity index (χ3n) is 3.17. The van der Waals surface area contributed by atoms with Gasteiger partial charge in [-0.2, -0.15) is 0 Å². The SMILES string of the molecule is CC1(C)CC1C(=O)NCC(O)c1ccco1. The number of amides is 1. The van der Waals surface area contributed by atoms with Gasteiger partial charge in [-0.25, -0.2) is 0 Å². The second-order valence-corrected chi connectivity index (χ2v) is 5.02. The summed E-state index contributed by atoms with van der Waals surface area (Å²) in [5.74, 6) is 0.599. The van der Waals surface area contributed by atoms with Crippen molar-refractivity contribution in [3.8, 4) is 0 Å². The summed E-state index contributed by atoms with van der Waals surface area (Å²) in [5, 5.41) is 12.4. The normalized spacial score (nSPS) is 23.8. The number of aliphatic hydroxyl groups excluding tert-OH is 1. The molecule has 1 aromatic rings. The Morgan fingerprint density at radius 2 is 2.44 bits per heavy atom. The molecule has 1 aliphatic rings. The average molecular weight is 223 g/mol. The lowest BCUT2D eigenvalue weighted by Crippen LogP contribution is -2.30. The van der Waals surface area contributed by atoms with E-state index >= 15 is 0 Å². The van der Waals surface area contributed by atoms with Gasteiger partial charge in [-0.15, -0.1) is 0 Å². The van der Waals surface area contributed by atoms with Crippen molar-refractivity contribution < 1.29 is 14.3 Å². The van der Waals surface area contributed by atoms with Gasteiger partial charge in [-0.3, -0.25) is 4.79 Å². The van der Waals surface area contributed by atoms with Crippen LogP contribution >= 0.6 is 0 Å². The zero-order chi connectivity index (χ0) is 11.8. The van der Waals surface area contributed by atoms with Crippen molar-refractivity contribution in [3.05, 3.63) is 24.2 Å². The summed E-state index contributed by atoms with van der Waals surface area (Å²) in [6.07, 6.45) is 1.67. The highest BCUT2D eigenvalue weighted by Gasteiger charge is 2.50. The van der Waals surface area contributed by atoms with Gasteiger partial charge in [0, 0.05) is 5.92 Å². The van der Waals surface area contributed by atoms with Crippen LogP contribution < -0.4 is 5.32 Å². The van der Waals surface area contributed by atoms with Crippen molar-refractivity contribution in [2.24, 2.45) is 11.3 Å². The molecule has 1 aliphatic carbocycles. The zero-order valence-corrected chi connectivity index (χ0v) is 9.56. The summed E-state index contributed by atoms with van der Waals surface area (Å²) in [5.41, 5.74) is 0.125. The molecule has 1 aromatic heterocycles. The minimum atomic E-state index is -0.763. The summed E-state index contributed by atoms with van der Waals surface area (Å²) in [7, 11) is 0. The van der Waals surface area contributed by atoms with Crippen LogP contribution in [-0.4, -0.2) is 17.6 Å². The van der Waals surface area contributed by atoms with Crippen LogP contribution in [0.3, 0.4) is 0 Å². The van der Waals surface area contributed by atoms with E-state index in [1.54, 1.807) is 12.1 Å². The van der Waals surface area contributed by atoms with Crippen LogP contribution in [0.4, 0.5) is 0 Å². The van der Waals surface area contributed by atoms with Gasteiger partial charge >= 0.3 is 0 Å². The van der Waals surface area contributed by atoms with E-state index in [0.717, 1.165) is 6.42 Å². The topological polar surface area (TPSA) is 62.5 Å². The molecule has 0 bridgehead atoms. The van der Waals surface area contributed by atoms with Gasteiger partial charge < -0.3 is 14.8 Å². The van der Waals surface area contributed by atoms with E-state index in [9.17, 15) is 9.90 Å². The Kier molecular flexibility index (Phi) is 2.76. The smallest absolute Gasteiger partial charge is 0.223 e. The van der Waals surface area contributed by atoms with E-state index in [2.05, 4.69) is 19.2 Å². The molecule has 88 valence electrons. The zero-order valence-electron chi connectivity index (χ0n) is 9.56.